The van der Waals surface area contributed by atoms with E-state index in [4.69, 9.17) is 0 Å². The van der Waals surface area contributed by atoms with Crippen LogP contribution in [0.2, 0.25) is 0 Å². The maximum Gasteiger partial charge on any atom is 0.131 e. The lowest BCUT2D eigenvalue weighted by Crippen LogP contribution is -2.35. The van der Waals surface area contributed by atoms with E-state index in [2.05, 4.69) is 63.9 Å². The van der Waals surface area contributed by atoms with Gasteiger partial charge in [-0.2, -0.15) is 5.10 Å². The van der Waals surface area contributed by atoms with Gasteiger partial charge in [0.05, 0.1) is 5.69 Å². The van der Waals surface area contributed by atoms with Gasteiger partial charge in [0.1, 0.15) is 5.82 Å². The number of nitrogens with one attached hydrogen (secondary N) is 1. The van der Waals surface area contributed by atoms with E-state index in [1.807, 2.05) is 11.7 Å². The van der Waals surface area contributed by atoms with Crippen molar-refractivity contribution in [2.45, 2.75) is 60.0 Å². The van der Waals surface area contributed by atoms with Crippen LogP contribution in [0.4, 0.5) is 5.82 Å². The van der Waals surface area contributed by atoms with E-state index in [-0.39, 0.29) is 5.54 Å². The Balaban J connectivity index is 2.89. The largest absolute Gasteiger partial charge is 0.360 e. The number of hydrogen-bond acceptors (Lipinski definition) is 3. The second-order valence-corrected chi connectivity index (χ2v) is 7.22. The Kier molecular flexibility index (Phi) is 5.63. The summed E-state index contributed by atoms with van der Waals surface area (Å²) in [6.45, 7) is 15.2. The highest BCUT2D eigenvalue weighted by molar-refractivity contribution is 5.49. The lowest BCUT2D eigenvalue weighted by atomic mass is 10.1. The smallest absolute Gasteiger partial charge is 0.131 e. The minimum Gasteiger partial charge on any atom is -0.360 e. The van der Waals surface area contributed by atoms with E-state index in [9.17, 15) is 0 Å². The minimum atomic E-state index is 0.121. The highest BCUT2D eigenvalue weighted by Crippen LogP contribution is 2.23. The molecular formula is C16H32N4. The first-order chi connectivity index (χ1) is 9.11. The fourth-order valence-electron chi connectivity index (χ4n) is 2.29. The van der Waals surface area contributed by atoms with Crippen molar-refractivity contribution in [3.8, 4) is 0 Å². The van der Waals surface area contributed by atoms with Crippen molar-refractivity contribution >= 4 is 5.82 Å². The minimum absolute atomic E-state index is 0.121. The van der Waals surface area contributed by atoms with Gasteiger partial charge in [-0.15, -0.1) is 0 Å². The fraction of sp³-hybridized carbons (Fsp3) is 0.812. The van der Waals surface area contributed by atoms with Gasteiger partial charge in [0.2, 0.25) is 0 Å². The van der Waals surface area contributed by atoms with E-state index in [1.165, 1.54) is 17.8 Å². The van der Waals surface area contributed by atoms with Crippen LogP contribution in [0.25, 0.3) is 0 Å². The summed E-state index contributed by atoms with van der Waals surface area (Å²) in [5.41, 5.74) is 2.56. The zero-order chi connectivity index (χ0) is 15.5. The lowest BCUT2D eigenvalue weighted by molar-refractivity contribution is 0.423. The molecule has 116 valence electrons. The molecule has 0 saturated carbocycles. The van der Waals surface area contributed by atoms with Gasteiger partial charge in [0, 0.05) is 38.3 Å². The summed E-state index contributed by atoms with van der Waals surface area (Å²) in [7, 11) is 4.20. The number of nitrogens with zero attached hydrogens (tertiary/aromatic N) is 3. The van der Waals surface area contributed by atoms with E-state index in [0.717, 1.165) is 24.7 Å². The van der Waals surface area contributed by atoms with Crippen molar-refractivity contribution in [2.75, 3.05) is 18.5 Å². The Morgan fingerprint density at radius 3 is 2.40 bits per heavy atom. The third-order valence-electron chi connectivity index (χ3n) is 3.51. The highest BCUT2D eigenvalue weighted by Gasteiger charge is 2.19. The van der Waals surface area contributed by atoms with Gasteiger partial charge in [-0.05, 0) is 40.0 Å². The quantitative estimate of drug-likeness (QED) is 0.869. The molecule has 0 aliphatic rings. The van der Waals surface area contributed by atoms with Crippen molar-refractivity contribution in [3.63, 3.8) is 0 Å². The van der Waals surface area contributed by atoms with Crippen LogP contribution in [0.5, 0.6) is 0 Å². The fourth-order valence-corrected chi connectivity index (χ4v) is 2.29. The monoisotopic (exact) mass is 280 g/mol. The van der Waals surface area contributed by atoms with Gasteiger partial charge in [-0.25, -0.2) is 0 Å². The average Bonchev–Trinajstić information content (AvgIpc) is 2.57. The van der Waals surface area contributed by atoms with Crippen LogP contribution >= 0.6 is 0 Å². The Morgan fingerprint density at radius 1 is 1.30 bits per heavy atom. The summed E-state index contributed by atoms with van der Waals surface area (Å²) < 4.78 is 2.01. The van der Waals surface area contributed by atoms with E-state index in [1.54, 1.807) is 0 Å². The molecule has 0 unspecified atom stereocenters. The molecule has 0 aromatic carbocycles. The number of rotatable bonds is 6. The summed E-state index contributed by atoms with van der Waals surface area (Å²) in [4.78, 5) is 2.33. The number of hydrogen-bond donors (Lipinski definition) is 1. The van der Waals surface area contributed by atoms with Crippen molar-refractivity contribution < 1.29 is 0 Å². The van der Waals surface area contributed by atoms with Crippen molar-refractivity contribution in [1.29, 1.82) is 0 Å². The molecule has 0 amide bonds. The first-order valence-electron chi connectivity index (χ1n) is 7.60. The topological polar surface area (TPSA) is 33.1 Å². The molecule has 0 fully saturated rings. The molecule has 1 aromatic heterocycles. The second-order valence-electron chi connectivity index (χ2n) is 7.22. The van der Waals surface area contributed by atoms with Crippen LogP contribution in [0.1, 0.15) is 52.3 Å². The number of aryl methyl sites for hydroxylation is 2. The van der Waals surface area contributed by atoms with E-state index >= 15 is 0 Å². The van der Waals surface area contributed by atoms with Gasteiger partial charge in [-0.1, -0.05) is 13.8 Å². The third-order valence-corrected chi connectivity index (χ3v) is 3.51. The van der Waals surface area contributed by atoms with Gasteiger partial charge in [-0.3, -0.25) is 4.68 Å². The molecule has 0 atom stereocenters. The Bertz CT molecular complexity index is 426. The molecule has 0 saturated heterocycles. The number of aromatic nitrogens is 2. The van der Waals surface area contributed by atoms with Crippen LogP contribution in [-0.2, 0) is 13.6 Å². The van der Waals surface area contributed by atoms with Crippen molar-refractivity contribution in [2.24, 2.45) is 13.0 Å². The van der Waals surface area contributed by atoms with Crippen molar-refractivity contribution in [3.05, 3.63) is 11.3 Å². The van der Waals surface area contributed by atoms with Crippen LogP contribution in [0, 0.1) is 12.8 Å². The van der Waals surface area contributed by atoms with Crippen LogP contribution < -0.4 is 10.2 Å². The average molecular weight is 280 g/mol. The Hall–Kier alpha value is -1.03. The maximum atomic E-state index is 4.59. The predicted octanol–water partition coefficient (Wildman–Crippen LogP) is 3.10. The molecule has 0 spiro atoms. The lowest BCUT2D eigenvalue weighted by Gasteiger charge is -2.24. The molecule has 1 heterocycles. The molecular weight excluding hydrogens is 248 g/mol. The predicted molar refractivity (Wildman–Crippen MR) is 87.3 cm³/mol. The molecule has 4 heteroatoms. The van der Waals surface area contributed by atoms with Crippen molar-refractivity contribution in [1.82, 2.24) is 15.1 Å². The Morgan fingerprint density at radius 2 is 1.90 bits per heavy atom. The van der Waals surface area contributed by atoms with E-state index in [0.29, 0.717) is 0 Å². The number of anilines is 1. The van der Waals surface area contributed by atoms with Crippen LogP contribution in [0.3, 0.4) is 0 Å². The first kappa shape index (κ1) is 17.0. The zero-order valence-corrected chi connectivity index (χ0v) is 14.5. The Labute approximate surface area is 124 Å². The molecule has 1 N–H and O–H groups in total. The molecule has 0 aliphatic carbocycles. The standard InChI is InChI=1S/C16H32N4/c1-12(2)9-10-19(7)15-14(11-17-16(4,5)6)13(3)18-20(15)8/h12,17H,9-11H2,1-8H3. The molecule has 0 radical (unpaired) electrons. The van der Waals surface area contributed by atoms with E-state index < -0.39 is 0 Å². The van der Waals surface area contributed by atoms with Gasteiger partial charge >= 0.3 is 0 Å². The third kappa shape index (κ3) is 4.82. The second kappa shape index (κ2) is 6.61. The summed E-state index contributed by atoms with van der Waals surface area (Å²) in [5, 5.41) is 8.17. The van der Waals surface area contributed by atoms with Crippen LogP contribution in [-0.4, -0.2) is 28.9 Å². The highest BCUT2D eigenvalue weighted by atomic mass is 15.4. The molecule has 0 bridgehead atoms. The molecule has 20 heavy (non-hydrogen) atoms. The SMILES string of the molecule is Cc1nn(C)c(N(C)CCC(C)C)c1CNC(C)(C)C. The maximum absolute atomic E-state index is 4.59. The van der Waals surface area contributed by atoms with Gasteiger partial charge in [0.15, 0.2) is 0 Å². The molecule has 0 aliphatic heterocycles. The van der Waals surface area contributed by atoms with Gasteiger partial charge < -0.3 is 10.2 Å². The van der Waals surface area contributed by atoms with Crippen LogP contribution in [0.15, 0.2) is 0 Å². The molecule has 4 nitrogen and oxygen atoms in total. The summed E-state index contributed by atoms with van der Waals surface area (Å²) in [6.07, 6.45) is 1.20. The summed E-state index contributed by atoms with van der Waals surface area (Å²) >= 11 is 0. The molecule has 1 aromatic rings. The summed E-state index contributed by atoms with van der Waals surface area (Å²) in [6, 6.07) is 0. The van der Waals surface area contributed by atoms with Gasteiger partial charge in [0.25, 0.3) is 0 Å². The zero-order valence-electron chi connectivity index (χ0n) is 14.5. The first-order valence-corrected chi connectivity index (χ1v) is 7.60. The normalized spacial score (nSPS) is 12.2. The molecule has 1 rings (SSSR count). The summed E-state index contributed by atoms with van der Waals surface area (Å²) in [5.74, 6) is 1.96.